The fourth-order valence-electron chi connectivity index (χ4n) is 4.62. The maximum absolute atomic E-state index is 13.1. The monoisotopic (exact) mass is 431 g/mol. The van der Waals surface area contributed by atoms with Gasteiger partial charge in [0, 0.05) is 31.4 Å². The molecule has 166 valence electrons. The molecular formula is C24H29N7O. The minimum absolute atomic E-state index is 0.0969. The van der Waals surface area contributed by atoms with Gasteiger partial charge in [-0.15, -0.1) is 0 Å². The predicted octanol–water partition coefficient (Wildman–Crippen LogP) is 2.72. The zero-order chi connectivity index (χ0) is 22.6. The van der Waals surface area contributed by atoms with Gasteiger partial charge in [-0.3, -0.25) is 14.2 Å². The topological polar surface area (TPSA) is 71.0 Å². The molecule has 0 aromatic carbocycles. The van der Waals surface area contributed by atoms with Crippen molar-refractivity contribution < 1.29 is 0 Å². The first-order valence-corrected chi connectivity index (χ1v) is 11.2. The van der Waals surface area contributed by atoms with Crippen LogP contribution in [-0.4, -0.2) is 62.1 Å². The average Bonchev–Trinajstić information content (AvgIpc) is 3.41. The average molecular weight is 432 g/mol. The van der Waals surface area contributed by atoms with Crippen LogP contribution in [0.15, 0.2) is 35.4 Å². The molecule has 1 unspecified atom stereocenters. The van der Waals surface area contributed by atoms with Crippen molar-refractivity contribution >= 4 is 16.9 Å². The summed E-state index contributed by atoms with van der Waals surface area (Å²) in [7, 11) is 4.24. The highest BCUT2D eigenvalue weighted by Crippen LogP contribution is 2.25. The number of anilines is 1. The molecule has 1 aliphatic heterocycles. The van der Waals surface area contributed by atoms with Crippen molar-refractivity contribution in [2.45, 2.75) is 39.7 Å². The van der Waals surface area contributed by atoms with Gasteiger partial charge < -0.3 is 9.80 Å². The molecule has 4 aromatic heterocycles. The summed E-state index contributed by atoms with van der Waals surface area (Å²) in [5.74, 6) is 0. The van der Waals surface area contributed by atoms with Gasteiger partial charge in [-0.05, 0) is 58.5 Å². The first kappa shape index (κ1) is 20.6. The second-order valence-electron chi connectivity index (χ2n) is 8.95. The number of pyridine rings is 1. The van der Waals surface area contributed by atoms with E-state index >= 15 is 0 Å². The van der Waals surface area contributed by atoms with Gasteiger partial charge in [-0.2, -0.15) is 5.10 Å². The van der Waals surface area contributed by atoms with Crippen molar-refractivity contribution in [3.05, 3.63) is 57.9 Å². The molecule has 0 radical (unpaired) electrons. The number of aryl methyl sites for hydroxylation is 3. The zero-order valence-electron chi connectivity index (χ0n) is 19.3. The first-order valence-electron chi connectivity index (χ1n) is 11.2. The summed E-state index contributed by atoms with van der Waals surface area (Å²) in [6, 6.07) is 6.22. The number of rotatable bonds is 4. The molecule has 32 heavy (non-hydrogen) atoms. The molecule has 0 spiro atoms. The number of likely N-dealkylation sites (N-methyl/N-ethyl adjacent to an activating group) is 1. The van der Waals surface area contributed by atoms with E-state index in [2.05, 4.69) is 47.0 Å². The van der Waals surface area contributed by atoms with E-state index in [0.29, 0.717) is 23.1 Å². The molecule has 1 saturated heterocycles. The SMILES string of the molecule is CCc1nc(C)cn2nc(-c3cc(=O)n4cc(N5CCC(N(C)C)C5)cc(C)c4n3)cc12. The van der Waals surface area contributed by atoms with Crippen LogP contribution in [0.25, 0.3) is 22.6 Å². The Morgan fingerprint density at radius 3 is 2.62 bits per heavy atom. The van der Waals surface area contributed by atoms with Crippen molar-refractivity contribution in [2.75, 3.05) is 32.1 Å². The summed E-state index contributed by atoms with van der Waals surface area (Å²) in [6.07, 6.45) is 5.77. The summed E-state index contributed by atoms with van der Waals surface area (Å²) in [6.45, 7) is 8.01. The third-order valence-electron chi connectivity index (χ3n) is 6.44. The second kappa shape index (κ2) is 7.70. The van der Waals surface area contributed by atoms with Crippen LogP contribution in [0.4, 0.5) is 5.69 Å². The highest BCUT2D eigenvalue weighted by atomic mass is 16.1. The van der Waals surface area contributed by atoms with Crippen molar-refractivity contribution in [3.63, 3.8) is 0 Å². The molecule has 1 fully saturated rings. The summed E-state index contributed by atoms with van der Waals surface area (Å²) < 4.78 is 3.50. The lowest BCUT2D eigenvalue weighted by Gasteiger charge is -2.22. The van der Waals surface area contributed by atoms with E-state index < -0.39 is 0 Å². The third-order valence-corrected chi connectivity index (χ3v) is 6.44. The van der Waals surface area contributed by atoms with Gasteiger partial charge in [0.1, 0.15) is 11.3 Å². The maximum Gasteiger partial charge on any atom is 0.258 e. The van der Waals surface area contributed by atoms with Gasteiger partial charge in [0.05, 0.1) is 34.5 Å². The van der Waals surface area contributed by atoms with E-state index in [1.54, 1.807) is 10.5 Å². The van der Waals surface area contributed by atoms with Crippen LogP contribution < -0.4 is 10.5 Å². The Labute approximate surface area is 187 Å². The summed E-state index contributed by atoms with van der Waals surface area (Å²) in [5.41, 5.74) is 6.74. The van der Waals surface area contributed by atoms with E-state index in [9.17, 15) is 4.79 Å². The molecule has 0 saturated carbocycles. The van der Waals surface area contributed by atoms with Gasteiger partial charge >= 0.3 is 0 Å². The molecule has 4 aromatic rings. The van der Waals surface area contributed by atoms with Crippen LogP contribution in [0.3, 0.4) is 0 Å². The quantitative estimate of drug-likeness (QED) is 0.495. The Bertz CT molecular complexity index is 1380. The molecule has 8 nitrogen and oxygen atoms in total. The Morgan fingerprint density at radius 2 is 1.91 bits per heavy atom. The zero-order valence-corrected chi connectivity index (χ0v) is 19.3. The molecule has 5 rings (SSSR count). The smallest absolute Gasteiger partial charge is 0.258 e. The summed E-state index contributed by atoms with van der Waals surface area (Å²) in [4.78, 5) is 27.2. The van der Waals surface area contributed by atoms with Crippen LogP contribution in [0.1, 0.15) is 30.3 Å². The number of hydrogen-bond donors (Lipinski definition) is 0. The van der Waals surface area contributed by atoms with Gasteiger partial charge in [-0.1, -0.05) is 6.92 Å². The largest absolute Gasteiger partial charge is 0.369 e. The lowest BCUT2D eigenvalue weighted by molar-refractivity contribution is 0.315. The van der Waals surface area contributed by atoms with E-state index in [1.165, 1.54) is 0 Å². The molecular weight excluding hydrogens is 402 g/mol. The van der Waals surface area contributed by atoms with Crippen LogP contribution >= 0.6 is 0 Å². The summed E-state index contributed by atoms with van der Waals surface area (Å²) >= 11 is 0. The minimum atomic E-state index is -0.0969. The van der Waals surface area contributed by atoms with E-state index in [1.807, 2.05) is 36.8 Å². The Kier molecular flexibility index (Phi) is 4.97. The van der Waals surface area contributed by atoms with Crippen LogP contribution in [0, 0.1) is 13.8 Å². The van der Waals surface area contributed by atoms with Crippen molar-refractivity contribution in [1.29, 1.82) is 0 Å². The molecule has 5 heterocycles. The number of hydrogen-bond acceptors (Lipinski definition) is 6. The van der Waals surface area contributed by atoms with Crippen molar-refractivity contribution in [2.24, 2.45) is 0 Å². The van der Waals surface area contributed by atoms with Crippen LogP contribution in [-0.2, 0) is 6.42 Å². The lowest BCUT2D eigenvalue weighted by atomic mass is 10.2. The van der Waals surface area contributed by atoms with Crippen LogP contribution in [0.2, 0.25) is 0 Å². The molecule has 1 aliphatic rings. The Balaban J connectivity index is 1.58. The highest BCUT2D eigenvalue weighted by molar-refractivity contribution is 5.67. The van der Waals surface area contributed by atoms with E-state index in [4.69, 9.17) is 4.98 Å². The molecule has 0 N–H and O–H groups in total. The van der Waals surface area contributed by atoms with Crippen molar-refractivity contribution in [3.8, 4) is 11.4 Å². The molecule has 1 atom stereocenters. The number of fused-ring (bicyclic) bond motifs is 2. The Hall–Kier alpha value is -3.26. The van der Waals surface area contributed by atoms with Gasteiger partial charge in [0.25, 0.3) is 5.56 Å². The summed E-state index contributed by atoms with van der Waals surface area (Å²) in [5, 5.41) is 4.69. The van der Waals surface area contributed by atoms with E-state index in [0.717, 1.165) is 54.1 Å². The van der Waals surface area contributed by atoms with Crippen molar-refractivity contribution in [1.82, 2.24) is 28.9 Å². The van der Waals surface area contributed by atoms with Gasteiger partial charge in [-0.25, -0.2) is 9.50 Å². The predicted molar refractivity (Wildman–Crippen MR) is 127 cm³/mol. The lowest BCUT2D eigenvalue weighted by Crippen LogP contribution is -2.31. The number of aromatic nitrogens is 5. The van der Waals surface area contributed by atoms with Gasteiger partial charge in [0.15, 0.2) is 0 Å². The fraction of sp³-hybridized carbons (Fsp3) is 0.417. The first-order chi connectivity index (χ1) is 15.3. The molecule has 0 aliphatic carbocycles. The minimum Gasteiger partial charge on any atom is -0.369 e. The van der Waals surface area contributed by atoms with E-state index in [-0.39, 0.29) is 5.56 Å². The van der Waals surface area contributed by atoms with Gasteiger partial charge in [0.2, 0.25) is 0 Å². The number of nitrogens with zero attached hydrogens (tertiary/aromatic N) is 7. The molecule has 8 heteroatoms. The maximum atomic E-state index is 13.1. The standard InChI is InChI=1S/C24H29N7O/c1-6-19-22-10-21(27-31(22)12-16(3)25-19)20-11-23(32)30-14-18(9-15(2)24(30)26-20)29-8-7-17(13-29)28(4)5/h9-12,14,17H,6-8,13H2,1-5H3. The van der Waals surface area contributed by atoms with Crippen LogP contribution in [0.5, 0.6) is 0 Å². The normalized spacial score (nSPS) is 16.7. The highest BCUT2D eigenvalue weighted by Gasteiger charge is 2.25. The fourth-order valence-corrected chi connectivity index (χ4v) is 4.62. The second-order valence-corrected chi connectivity index (χ2v) is 8.95. The molecule has 0 amide bonds. The third kappa shape index (κ3) is 3.44. The Morgan fingerprint density at radius 1 is 1.09 bits per heavy atom. The molecule has 0 bridgehead atoms.